The zero-order valence-electron chi connectivity index (χ0n) is 23.5. The minimum absolute atomic E-state index is 0.0128. The van der Waals surface area contributed by atoms with E-state index in [2.05, 4.69) is 15.1 Å². The van der Waals surface area contributed by atoms with Gasteiger partial charge in [-0.05, 0) is 47.9 Å². The third kappa shape index (κ3) is 7.25. The lowest BCUT2D eigenvalue weighted by molar-refractivity contribution is -0.141. The van der Waals surface area contributed by atoms with Crippen LogP contribution in [0, 0.1) is 11.7 Å². The number of halogens is 1. The van der Waals surface area contributed by atoms with E-state index in [-0.39, 0.29) is 36.6 Å². The molecule has 4 rings (SSSR count). The molecule has 0 saturated carbocycles. The maximum Gasteiger partial charge on any atom is 0.242 e. The van der Waals surface area contributed by atoms with Crippen molar-refractivity contribution in [1.29, 1.82) is 0 Å². The molecule has 0 bridgehead atoms. The van der Waals surface area contributed by atoms with Crippen LogP contribution in [0.2, 0.25) is 0 Å². The Morgan fingerprint density at radius 3 is 2.27 bits per heavy atom. The normalized spacial score (nSPS) is 13.3. The van der Waals surface area contributed by atoms with Crippen molar-refractivity contribution in [2.24, 2.45) is 5.92 Å². The first kappa shape index (κ1) is 28.8. The third-order valence-electron chi connectivity index (χ3n) is 6.84. The van der Waals surface area contributed by atoms with Gasteiger partial charge >= 0.3 is 0 Å². The molecule has 1 aromatic heterocycles. The smallest absolute Gasteiger partial charge is 0.242 e. The van der Waals surface area contributed by atoms with Crippen molar-refractivity contribution >= 4 is 17.6 Å². The zero-order chi connectivity index (χ0) is 28.6. The van der Waals surface area contributed by atoms with E-state index in [0.717, 1.165) is 16.9 Å². The van der Waals surface area contributed by atoms with Crippen LogP contribution in [-0.2, 0) is 16.1 Å². The first-order valence-corrected chi connectivity index (χ1v) is 13.4. The Balaban J connectivity index is 1.36. The highest BCUT2D eigenvalue weighted by molar-refractivity contribution is 5.85. The van der Waals surface area contributed by atoms with Gasteiger partial charge in [-0.2, -0.15) is 0 Å². The van der Waals surface area contributed by atoms with E-state index in [4.69, 9.17) is 9.47 Å². The molecule has 9 nitrogen and oxygen atoms in total. The SMILES string of the molecule is COc1ccc(-c2ccc(N3CCN(C(=O)CN(Cc4ccc(F)cc4)C(=O)CC(C)C)CC3)nn2)c(OC)c1. The number of hydrogen-bond donors (Lipinski definition) is 0. The Morgan fingerprint density at radius 1 is 0.950 bits per heavy atom. The number of carbonyl (C=O) groups excluding carboxylic acids is 2. The van der Waals surface area contributed by atoms with Gasteiger partial charge < -0.3 is 24.2 Å². The highest BCUT2D eigenvalue weighted by Crippen LogP contribution is 2.32. The molecule has 40 heavy (non-hydrogen) atoms. The first-order chi connectivity index (χ1) is 19.3. The summed E-state index contributed by atoms with van der Waals surface area (Å²) in [4.78, 5) is 31.6. The molecule has 1 aliphatic rings. The maximum absolute atomic E-state index is 13.4. The van der Waals surface area contributed by atoms with E-state index in [9.17, 15) is 14.0 Å². The fraction of sp³-hybridized carbons (Fsp3) is 0.400. The predicted molar refractivity (Wildman–Crippen MR) is 151 cm³/mol. The maximum atomic E-state index is 13.4. The van der Waals surface area contributed by atoms with Gasteiger partial charge in [-0.3, -0.25) is 9.59 Å². The minimum Gasteiger partial charge on any atom is -0.497 e. The van der Waals surface area contributed by atoms with Crippen LogP contribution in [0.1, 0.15) is 25.8 Å². The number of hydrogen-bond acceptors (Lipinski definition) is 7. The summed E-state index contributed by atoms with van der Waals surface area (Å²) in [6, 6.07) is 15.4. The molecule has 3 aromatic rings. The number of benzene rings is 2. The minimum atomic E-state index is -0.336. The van der Waals surface area contributed by atoms with Crippen LogP contribution >= 0.6 is 0 Å². The van der Waals surface area contributed by atoms with Crippen LogP contribution in [-0.4, -0.2) is 78.8 Å². The van der Waals surface area contributed by atoms with Crippen molar-refractivity contribution in [3.8, 4) is 22.8 Å². The van der Waals surface area contributed by atoms with Crippen molar-refractivity contribution in [3.63, 3.8) is 0 Å². The Labute approximate surface area is 234 Å². The van der Waals surface area contributed by atoms with E-state index in [1.54, 1.807) is 42.2 Å². The van der Waals surface area contributed by atoms with Gasteiger partial charge in [0.15, 0.2) is 5.82 Å². The van der Waals surface area contributed by atoms with Gasteiger partial charge in [0, 0.05) is 50.8 Å². The van der Waals surface area contributed by atoms with E-state index >= 15 is 0 Å². The van der Waals surface area contributed by atoms with Gasteiger partial charge in [0.1, 0.15) is 23.9 Å². The molecule has 1 aliphatic heterocycles. The second-order valence-electron chi connectivity index (χ2n) is 10.2. The van der Waals surface area contributed by atoms with Gasteiger partial charge in [-0.1, -0.05) is 26.0 Å². The number of anilines is 1. The van der Waals surface area contributed by atoms with Crippen molar-refractivity contribution in [2.45, 2.75) is 26.8 Å². The summed E-state index contributed by atoms with van der Waals surface area (Å²) in [5.74, 6) is 1.71. The van der Waals surface area contributed by atoms with E-state index in [1.807, 2.05) is 38.1 Å². The van der Waals surface area contributed by atoms with Crippen LogP contribution in [0.25, 0.3) is 11.3 Å². The van der Waals surface area contributed by atoms with Crippen LogP contribution in [0.5, 0.6) is 11.5 Å². The Bertz CT molecular complexity index is 1290. The lowest BCUT2D eigenvalue weighted by Crippen LogP contribution is -2.52. The Kier molecular flexibility index (Phi) is 9.52. The summed E-state index contributed by atoms with van der Waals surface area (Å²) in [6.07, 6.45) is 0.347. The lowest BCUT2D eigenvalue weighted by Gasteiger charge is -2.36. The van der Waals surface area contributed by atoms with E-state index in [0.29, 0.717) is 49.8 Å². The van der Waals surface area contributed by atoms with E-state index < -0.39 is 0 Å². The molecule has 10 heteroatoms. The van der Waals surface area contributed by atoms with Gasteiger partial charge in [0.05, 0.1) is 19.9 Å². The molecule has 2 heterocycles. The standard InChI is InChI=1S/C30H36FN5O4/c1-21(2)17-29(37)36(19-22-5-7-23(31)8-6-22)20-30(38)35-15-13-34(14-16-35)28-12-11-26(32-33-28)25-10-9-24(39-3)18-27(25)40-4/h5-12,18,21H,13-17,19-20H2,1-4H3. The Morgan fingerprint density at radius 2 is 1.68 bits per heavy atom. The van der Waals surface area contributed by atoms with Crippen LogP contribution in [0.4, 0.5) is 10.2 Å². The number of aromatic nitrogens is 2. The molecule has 1 fully saturated rings. The highest BCUT2D eigenvalue weighted by Gasteiger charge is 2.26. The number of methoxy groups -OCH3 is 2. The molecular formula is C30H36FN5O4. The number of piperazine rings is 1. The van der Waals surface area contributed by atoms with Crippen LogP contribution < -0.4 is 14.4 Å². The third-order valence-corrected chi connectivity index (χ3v) is 6.84. The topological polar surface area (TPSA) is 88.1 Å². The first-order valence-electron chi connectivity index (χ1n) is 13.4. The second-order valence-corrected chi connectivity index (χ2v) is 10.2. The van der Waals surface area contributed by atoms with Crippen molar-refractivity contribution in [2.75, 3.05) is 51.8 Å². The lowest BCUT2D eigenvalue weighted by atomic mass is 10.1. The fourth-order valence-electron chi connectivity index (χ4n) is 4.62. The predicted octanol–water partition coefficient (Wildman–Crippen LogP) is 4.02. The molecule has 212 valence electrons. The number of rotatable bonds is 10. The summed E-state index contributed by atoms with van der Waals surface area (Å²) in [6.45, 7) is 6.41. The number of nitrogens with zero attached hydrogens (tertiary/aromatic N) is 5. The molecule has 2 aromatic carbocycles. The molecule has 0 atom stereocenters. The molecule has 1 saturated heterocycles. The van der Waals surface area contributed by atoms with Crippen LogP contribution in [0.3, 0.4) is 0 Å². The van der Waals surface area contributed by atoms with Gasteiger partial charge in [-0.15, -0.1) is 10.2 Å². The van der Waals surface area contributed by atoms with Crippen molar-refractivity contribution in [3.05, 3.63) is 66.0 Å². The highest BCUT2D eigenvalue weighted by atomic mass is 19.1. The molecule has 0 N–H and O–H groups in total. The van der Waals surface area contributed by atoms with Crippen molar-refractivity contribution < 1.29 is 23.5 Å². The average Bonchev–Trinajstić information content (AvgIpc) is 2.97. The summed E-state index contributed by atoms with van der Waals surface area (Å²) in [5.41, 5.74) is 2.28. The summed E-state index contributed by atoms with van der Waals surface area (Å²) >= 11 is 0. The fourth-order valence-corrected chi connectivity index (χ4v) is 4.62. The molecule has 0 radical (unpaired) electrons. The van der Waals surface area contributed by atoms with Gasteiger partial charge in [-0.25, -0.2) is 4.39 Å². The molecule has 0 unspecified atom stereocenters. The van der Waals surface area contributed by atoms with Gasteiger partial charge in [0.25, 0.3) is 0 Å². The summed E-state index contributed by atoms with van der Waals surface area (Å²) in [5, 5.41) is 8.83. The Hall–Kier alpha value is -4.21. The monoisotopic (exact) mass is 549 g/mol. The zero-order valence-corrected chi connectivity index (χ0v) is 23.5. The summed E-state index contributed by atoms with van der Waals surface area (Å²) in [7, 11) is 3.20. The average molecular weight is 550 g/mol. The van der Waals surface area contributed by atoms with E-state index in [1.165, 1.54) is 12.1 Å². The largest absolute Gasteiger partial charge is 0.497 e. The summed E-state index contributed by atoms with van der Waals surface area (Å²) < 4.78 is 24.1. The van der Waals surface area contributed by atoms with Crippen LogP contribution in [0.15, 0.2) is 54.6 Å². The molecule has 2 amide bonds. The molecular weight excluding hydrogens is 513 g/mol. The molecule has 0 aliphatic carbocycles. The van der Waals surface area contributed by atoms with Crippen molar-refractivity contribution in [1.82, 2.24) is 20.0 Å². The number of carbonyl (C=O) groups is 2. The quantitative estimate of drug-likeness (QED) is 0.377. The number of amides is 2. The van der Waals surface area contributed by atoms with Gasteiger partial charge in [0.2, 0.25) is 11.8 Å². The molecule has 0 spiro atoms. The second kappa shape index (κ2) is 13.2. The number of ether oxygens (including phenoxy) is 2.